The predicted octanol–water partition coefficient (Wildman–Crippen LogP) is 5.12. The Balaban J connectivity index is 1.87. The van der Waals surface area contributed by atoms with Crippen LogP contribution in [0.1, 0.15) is 29.3 Å². The van der Waals surface area contributed by atoms with Gasteiger partial charge in [-0.1, -0.05) is 12.1 Å². The molecule has 1 atom stereocenters. The van der Waals surface area contributed by atoms with Crippen LogP contribution < -0.4 is 10.1 Å². The zero-order valence-corrected chi connectivity index (χ0v) is 15.0. The molecule has 5 heteroatoms. The number of nitrogens with one attached hydrogen (secondary N) is 1. The number of rotatable bonds is 5. The quantitative estimate of drug-likeness (QED) is 0.729. The molecule has 0 saturated heterocycles. The zero-order chi connectivity index (χ0) is 14.1. The third-order valence-electron chi connectivity index (χ3n) is 3.26. The summed E-state index contributed by atoms with van der Waals surface area (Å²) in [6.45, 7) is 0. The molecule has 0 radical (unpaired) electrons. The van der Waals surface area contributed by atoms with Crippen LogP contribution in [0.2, 0.25) is 0 Å². The van der Waals surface area contributed by atoms with Gasteiger partial charge in [-0.05, 0) is 75.5 Å². The van der Waals surface area contributed by atoms with Crippen LogP contribution in [0.25, 0.3) is 0 Å². The molecule has 1 saturated carbocycles. The van der Waals surface area contributed by atoms with Crippen LogP contribution in [0, 0.1) is 0 Å². The molecule has 1 aliphatic carbocycles. The number of ether oxygens (including phenoxy) is 1. The maximum absolute atomic E-state index is 5.88. The molecule has 0 spiro atoms. The second kappa shape index (κ2) is 6.18. The lowest BCUT2D eigenvalue weighted by Gasteiger charge is -2.16. The van der Waals surface area contributed by atoms with Crippen molar-refractivity contribution in [3.63, 3.8) is 0 Å². The highest BCUT2D eigenvalue weighted by Gasteiger charge is 2.24. The normalized spacial score (nSPS) is 16.1. The molecule has 0 bridgehead atoms. The van der Waals surface area contributed by atoms with Gasteiger partial charge in [0.25, 0.3) is 0 Å². The van der Waals surface area contributed by atoms with Crippen molar-refractivity contribution in [2.45, 2.75) is 25.0 Å². The third-order valence-corrected chi connectivity index (χ3v) is 6.58. The maximum atomic E-state index is 5.88. The lowest BCUT2D eigenvalue weighted by atomic mass is 10.1. The van der Waals surface area contributed by atoms with Gasteiger partial charge in [0.2, 0.25) is 0 Å². The smallest absolute Gasteiger partial charge is 0.120 e. The summed E-state index contributed by atoms with van der Waals surface area (Å²) in [4.78, 5) is 1.27. The molecule has 1 aromatic carbocycles. The zero-order valence-electron chi connectivity index (χ0n) is 11.0. The topological polar surface area (TPSA) is 21.3 Å². The lowest BCUT2D eigenvalue weighted by molar-refractivity contribution is 0.302. The van der Waals surface area contributed by atoms with Crippen LogP contribution in [-0.2, 0) is 0 Å². The molecular formula is C15H15Br2NOS. The van der Waals surface area contributed by atoms with E-state index in [9.17, 15) is 0 Å². The first-order valence-electron chi connectivity index (χ1n) is 6.56. The highest BCUT2D eigenvalue weighted by atomic mass is 79.9. The SMILES string of the molecule is CNC(c1cccc(OC2CC2)c1)c1cc(Br)c(Br)s1. The van der Waals surface area contributed by atoms with Crippen molar-refractivity contribution >= 4 is 43.2 Å². The van der Waals surface area contributed by atoms with E-state index < -0.39 is 0 Å². The Bertz CT molecular complexity index is 590. The summed E-state index contributed by atoms with van der Waals surface area (Å²) in [5.74, 6) is 0.972. The van der Waals surface area contributed by atoms with Crippen molar-refractivity contribution in [1.29, 1.82) is 0 Å². The Morgan fingerprint density at radius 3 is 2.70 bits per heavy atom. The van der Waals surface area contributed by atoms with Gasteiger partial charge in [-0.25, -0.2) is 0 Å². The van der Waals surface area contributed by atoms with E-state index in [1.165, 1.54) is 23.3 Å². The molecular weight excluding hydrogens is 402 g/mol. The minimum Gasteiger partial charge on any atom is -0.490 e. The number of hydrogen-bond acceptors (Lipinski definition) is 3. The lowest BCUT2D eigenvalue weighted by Crippen LogP contribution is -2.16. The van der Waals surface area contributed by atoms with Gasteiger partial charge in [0.05, 0.1) is 15.9 Å². The van der Waals surface area contributed by atoms with E-state index in [1.807, 2.05) is 13.1 Å². The number of halogens is 2. The summed E-state index contributed by atoms with van der Waals surface area (Å²) in [6, 6.07) is 10.7. The van der Waals surface area contributed by atoms with Gasteiger partial charge in [0.15, 0.2) is 0 Å². The van der Waals surface area contributed by atoms with E-state index in [2.05, 4.69) is 61.4 Å². The van der Waals surface area contributed by atoms with Crippen LogP contribution in [0.3, 0.4) is 0 Å². The van der Waals surface area contributed by atoms with Gasteiger partial charge < -0.3 is 10.1 Å². The fourth-order valence-electron chi connectivity index (χ4n) is 2.12. The second-order valence-corrected chi connectivity index (χ2v) is 8.14. The molecule has 1 aromatic heterocycles. The fourth-order valence-corrected chi connectivity index (χ4v) is 4.35. The number of hydrogen-bond donors (Lipinski definition) is 1. The molecule has 3 rings (SSSR count). The molecule has 1 fully saturated rings. The Kier molecular flexibility index (Phi) is 4.50. The Morgan fingerprint density at radius 1 is 1.30 bits per heavy atom. The highest BCUT2D eigenvalue weighted by Crippen LogP contribution is 2.38. The minimum atomic E-state index is 0.186. The van der Waals surface area contributed by atoms with Crippen molar-refractivity contribution in [3.05, 3.63) is 49.0 Å². The minimum absolute atomic E-state index is 0.186. The van der Waals surface area contributed by atoms with E-state index in [0.717, 1.165) is 14.0 Å². The molecule has 2 aromatic rings. The van der Waals surface area contributed by atoms with Crippen LogP contribution in [0.15, 0.2) is 38.6 Å². The van der Waals surface area contributed by atoms with E-state index in [-0.39, 0.29) is 6.04 Å². The predicted molar refractivity (Wildman–Crippen MR) is 90.7 cm³/mol. The first-order valence-corrected chi connectivity index (χ1v) is 8.96. The molecule has 2 nitrogen and oxygen atoms in total. The first kappa shape index (κ1) is 14.6. The molecule has 1 unspecified atom stereocenters. The second-order valence-electron chi connectivity index (χ2n) is 4.88. The largest absolute Gasteiger partial charge is 0.490 e. The van der Waals surface area contributed by atoms with Gasteiger partial charge in [0.1, 0.15) is 5.75 Å². The van der Waals surface area contributed by atoms with Crippen molar-refractivity contribution in [1.82, 2.24) is 5.32 Å². The monoisotopic (exact) mass is 415 g/mol. The van der Waals surface area contributed by atoms with E-state index in [0.29, 0.717) is 6.10 Å². The van der Waals surface area contributed by atoms with E-state index >= 15 is 0 Å². The van der Waals surface area contributed by atoms with Crippen molar-refractivity contribution in [3.8, 4) is 5.75 Å². The highest BCUT2D eigenvalue weighted by molar-refractivity contribution is 9.13. The van der Waals surface area contributed by atoms with Gasteiger partial charge in [-0.2, -0.15) is 0 Å². The van der Waals surface area contributed by atoms with E-state index in [1.54, 1.807) is 11.3 Å². The summed E-state index contributed by atoms with van der Waals surface area (Å²) < 4.78 is 8.11. The molecule has 0 amide bonds. The summed E-state index contributed by atoms with van der Waals surface area (Å²) >= 11 is 8.85. The average molecular weight is 417 g/mol. The number of benzene rings is 1. The van der Waals surface area contributed by atoms with Crippen LogP contribution >= 0.6 is 43.2 Å². The third kappa shape index (κ3) is 3.27. The van der Waals surface area contributed by atoms with Gasteiger partial charge in [0, 0.05) is 9.35 Å². The summed E-state index contributed by atoms with van der Waals surface area (Å²) in [6.07, 6.45) is 2.80. The van der Waals surface area contributed by atoms with Gasteiger partial charge in [-0.15, -0.1) is 11.3 Å². The standard InChI is InChI=1S/C15H15Br2NOS/c1-18-14(13-8-12(16)15(17)20-13)9-3-2-4-11(7-9)19-10-5-6-10/h2-4,7-8,10,14,18H,5-6H2,1H3. The number of thiophene rings is 1. The van der Waals surface area contributed by atoms with Crippen LogP contribution in [-0.4, -0.2) is 13.2 Å². The summed E-state index contributed by atoms with van der Waals surface area (Å²) in [5, 5.41) is 3.38. The molecule has 20 heavy (non-hydrogen) atoms. The van der Waals surface area contributed by atoms with Gasteiger partial charge in [-0.3, -0.25) is 0 Å². The van der Waals surface area contributed by atoms with Crippen molar-refractivity contribution < 1.29 is 4.74 Å². The molecule has 1 N–H and O–H groups in total. The van der Waals surface area contributed by atoms with Crippen LogP contribution in [0.4, 0.5) is 0 Å². The first-order chi connectivity index (χ1) is 9.67. The fraction of sp³-hybridized carbons (Fsp3) is 0.333. The summed E-state index contributed by atoms with van der Waals surface area (Å²) in [5.41, 5.74) is 1.23. The van der Waals surface area contributed by atoms with E-state index in [4.69, 9.17) is 4.74 Å². The molecule has 1 aliphatic rings. The van der Waals surface area contributed by atoms with Crippen LogP contribution in [0.5, 0.6) is 5.75 Å². The van der Waals surface area contributed by atoms with Gasteiger partial charge >= 0.3 is 0 Å². The van der Waals surface area contributed by atoms with Crippen molar-refractivity contribution in [2.24, 2.45) is 0 Å². The average Bonchev–Trinajstić information content (AvgIpc) is 3.17. The Labute approximate surface area is 139 Å². The van der Waals surface area contributed by atoms with Crippen molar-refractivity contribution in [2.75, 3.05) is 7.05 Å². The maximum Gasteiger partial charge on any atom is 0.120 e. The Morgan fingerprint density at radius 2 is 2.10 bits per heavy atom. The Hall–Kier alpha value is -0.360. The molecule has 1 heterocycles. The molecule has 0 aliphatic heterocycles. The molecule has 106 valence electrons. The summed E-state index contributed by atoms with van der Waals surface area (Å²) in [7, 11) is 1.99.